The van der Waals surface area contributed by atoms with Crippen molar-refractivity contribution >= 4 is 44.8 Å². The van der Waals surface area contributed by atoms with Crippen molar-refractivity contribution in [3.63, 3.8) is 0 Å². The molecule has 2 aromatic rings. The Labute approximate surface area is 116 Å². The molecule has 0 aliphatic rings. The van der Waals surface area contributed by atoms with Gasteiger partial charge in [0.25, 0.3) is 0 Å². The van der Waals surface area contributed by atoms with Crippen LogP contribution in [0.3, 0.4) is 0 Å². The Morgan fingerprint density at radius 1 is 1.41 bits per heavy atom. The summed E-state index contributed by atoms with van der Waals surface area (Å²) in [4.78, 5) is 12.1. The molecule has 1 atom stereocenters. The molecule has 0 radical (unpaired) electrons. The van der Waals surface area contributed by atoms with Crippen molar-refractivity contribution < 1.29 is 4.79 Å². The molecule has 3 nitrogen and oxygen atoms in total. The zero-order valence-electron chi connectivity index (χ0n) is 8.96. The number of carbonyl (C=O) groups excluding carboxylic acids is 1. The molecular formula is C11H9BrN2OS2. The number of carbonyl (C=O) groups is 1. The summed E-state index contributed by atoms with van der Waals surface area (Å²) >= 11 is 6.24. The molecule has 1 aromatic carbocycles. The molecule has 0 spiro atoms. The van der Waals surface area contributed by atoms with Crippen molar-refractivity contribution in [1.29, 1.82) is 0 Å². The average molecular weight is 329 g/mol. The summed E-state index contributed by atoms with van der Waals surface area (Å²) in [6, 6.07) is 7.39. The lowest BCUT2D eigenvalue weighted by atomic mass is 10.1. The molecule has 0 amide bonds. The molecule has 0 N–H and O–H groups in total. The summed E-state index contributed by atoms with van der Waals surface area (Å²) in [7, 11) is 0. The van der Waals surface area contributed by atoms with E-state index in [1.165, 1.54) is 23.1 Å². The third-order valence-electron chi connectivity index (χ3n) is 2.12. The van der Waals surface area contributed by atoms with Gasteiger partial charge in [0.1, 0.15) is 5.51 Å². The normalized spacial score (nSPS) is 12.4. The third kappa shape index (κ3) is 3.37. The van der Waals surface area contributed by atoms with E-state index >= 15 is 0 Å². The van der Waals surface area contributed by atoms with E-state index < -0.39 is 0 Å². The van der Waals surface area contributed by atoms with Crippen LogP contribution in [0.15, 0.2) is 38.6 Å². The van der Waals surface area contributed by atoms with Gasteiger partial charge < -0.3 is 0 Å². The maximum absolute atomic E-state index is 12.1. The molecule has 1 unspecified atom stereocenters. The van der Waals surface area contributed by atoms with Crippen molar-refractivity contribution in [2.24, 2.45) is 0 Å². The number of aromatic nitrogens is 2. The molecule has 17 heavy (non-hydrogen) atoms. The Morgan fingerprint density at radius 3 is 2.71 bits per heavy atom. The van der Waals surface area contributed by atoms with Crippen LogP contribution in [-0.2, 0) is 0 Å². The average Bonchev–Trinajstić information content (AvgIpc) is 2.82. The van der Waals surface area contributed by atoms with Crippen molar-refractivity contribution in [3.8, 4) is 0 Å². The Kier molecular flexibility index (Phi) is 4.31. The molecule has 0 aliphatic heterocycles. The van der Waals surface area contributed by atoms with E-state index in [4.69, 9.17) is 0 Å². The molecule has 6 heteroatoms. The first kappa shape index (κ1) is 12.7. The molecule has 88 valence electrons. The van der Waals surface area contributed by atoms with Crippen LogP contribution in [0, 0.1) is 0 Å². The van der Waals surface area contributed by atoms with Gasteiger partial charge in [-0.1, -0.05) is 51.2 Å². The Bertz CT molecular complexity index is 499. The second-order valence-electron chi connectivity index (χ2n) is 3.34. The minimum atomic E-state index is -0.149. The van der Waals surface area contributed by atoms with Gasteiger partial charge >= 0.3 is 0 Å². The smallest absolute Gasteiger partial charge is 0.175 e. The molecule has 0 aliphatic carbocycles. The van der Waals surface area contributed by atoms with Crippen LogP contribution in [0.4, 0.5) is 0 Å². The van der Waals surface area contributed by atoms with Gasteiger partial charge in [-0.25, -0.2) is 0 Å². The highest BCUT2D eigenvalue weighted by atomic mass is 79.9. The van der Waals surface area contributed by atoms with Gasteiger partial charge in [-0.2, -0.15) is 0 Å². The molecule has 0 saturated heterocycles. The molecule has 1 aromatic heterocycles. The van der Waals surface area contributed by atoms with Gasteiger partial charge in [-0.3, -0.25) is 4.79 Å². The van der Waals surface area contributed by atoms with E-state index in [0.717, 1.165) is 14.4 Å². The third-order valence-corrected chi connectivity index (χ3v) is 4.56. The first-order valence-corrected chi connectivity index (χ1v) is 7.44. The maximum Gasteiger partial charge on any atom is 0.175 e. The number of thioether (sulfide) groups is 1. The first-order chi connectivity index (χ1) is 8.16. The van der Waals surface area contributed by atoms with Gasteiger partial charge in [-0.15, -0.1) is 10.2 Å². The number of hydrogen-bond donors (Lipinski definition) is 0. The lowest BCUT2D eigenvalue weighted by Gasteiger charge is -2.07. The van der Waals surface area contributed by atoms with Crippen LogP contribution >= 0.6 is 39.0 Å². The van der Waals surface area contributed by atoms with E-state index in [1.807, 2.05) is 31.2 Å². The highest BCUT2D eigenvalue weighted by Crippen LogP contribution is 2.26. The highest BCUT2D eigenvalue weighted by Gasteiger charge is 2.17. The summed E-state index contributed by atoms with van der Waals surface area (Å²) < 4.78 is 1.79. The summed E-state index contributed by atoms with van der Waals surface area (Å²) in [6.45, 7) is 1.89. The summed E-state index contributed by atoms with van der Waals surface area (Å²) in [5.74, 6) is 0.109. The molecule has 2 rings (SSSR count). The Morgan fingerprint density at radius 2 is 2.12 bits per heavy atom. The molecule has 0 bridgehead atoms. The molecule has 0 fully saturated rings. The number of ketones is 1. The fraction of sp³-hybridized carbons (Fsp3) is 0.182. The van der Waals surface area contributed by atoms with Gasteiger partial charge in [0.05, 0.1) is 5.25 Å². The number of nitrogens with zero attached hydrogens (tertiary/aromatic N) is 2. The number of hydrogen-bond acceptors (Lipinski definition) is 5. The minimum absolute atomic E-state index is 0.109. The lowest BCUT2D eigenvalue weighted by molar-refractivity contribution is 0.0994. The second-order valence-corrected chi connectivity index (χ2v) is 6.67. The standard InChI is InChI=1S/C11H9BrN2OS2/c1-7(17-11-14-13-6-16-11)10(15)8-2-4-9(12)5-3-8/h2-7H,1H3. The topological polar surface area (TPSA) is 42.9 Å². The van der Waals surface area contributed by atoms with Crippen molar-refractivity contribution in [2.75, 3.05) is 0 Å². The number of rotatable bonds is 4. The van der Waals surface area contributed by atoms with Crippen molar-refractivity contribution in [1.82, 2.24) is 10.2 Å². The van der Waals surface area contributed by atoms with Crippen LogP contribution in [0.1, 0.15) is 17.3 Å². The summed E-state index contributed by atoms with van der Waals surface area (Å²) in [5, 5.41) is 7.52. The number of Topliss-reactive ketones (excluding diaryl/α,β-unsaturated/α-hetero) is 1. The van der Waals surface area contributed by atoms with Crippen molar-refractivity contribution in [2.45, 2.75) is 16.5 Å². The van der Waals surface area contributed by atoms with Crippen LogP contribution in [0.5, 0.6) is 0 Å². The summed E-state index contributed by atoms with van der Waals surface area (Å²) in [5.41, 5.74) is 2.39. The molecular weight excluding hydrogens is 320 g/mol. The zero-order valence-corrected chi connectivity index (χ0v) is 12.2. The van der Waals surface area contributed by atoms with Crippen LogP contribution in [-0.4, -0.2) is 21.2 Å². The van der Waals surface area contributed by atoms with E-state index in [9.17, 15) is 4.79 Å². The quantitative estimate of drug-likeness (QED) is 0.634. The summed E-state index contributed by atoms with van der Waals surface area (Å²) in [6.07, 6.45) is 0. The van der Waals surface area contributed by atoms with E-state index in [2.05, 4.69) is 26.1 Å². The number of benzene rings is 1. The number of halogens is 1. The molecule has 1 heterocycles. The lowest BCUT2D eigenvalue weighted by Crippen LogP contribution is -2.13. The van der Waals surface area contributed by atoms with E-state index in [-0.39, 0.29) is 11.0 Å². The monoisotopic (exact) mass is 328 g/mol. The Balaban J connectivity index is 2.07. The van der Waals surface area contributed by atoms with E-state index in [0.29, 0.717) is 0 Å². The van der Waals surface area contributed by atoms with Crippen LogP contribution in [0.2, 0.25) is 0 Å². The van der Waals surface area contributed by atoms with E-state index in [1.54, 1.807) is 5.51 Å². The van der Waals surface area contributed by atoms with Gasteiger partial charge in [0.2, 0.25) is 0 Å². The predicted octanol–water partition coefficient (Wildman–Crippen LogP) is 3.66. The van der Waals surface area contributed by atoms with Gasteiger partial charge in [0, 0.05) is 10.0 Å². The van der Waals surface area contributed by atoms with Crippen molar-refractivity contribution in [3.05, 3.63) is 39.8 Å². The van der Waals surface area contributed by atoms with Gasteiger partial charge in [0.15, 0.2) is 10.1 Å². The molecule has 0 saturated carbocycles. The van der Waals surface area contributed by atoms with Crippen LogP contribution in [0.25, 0.3) is 0 Å². The largest absolute Gasteiger partial charge is 0.293 e. The predicted molar refractivity (Wildman–Crippen MR) is 73.7 cm³/mol. The fourth-order valence-corrected chi connectivity index (χ4v) is 3.24. The minimum Gasteiger partial charge on any atom is -0.293 e. The Hall–Kier alpha value is -0.720. The second kappa shape index (κ2) is 5.75. The first-order valence-electron chi connectivity index (χ1n) is 4.89. The zero-order chi connectivity index (χ0) is 12.3. The van der Waals surface area contributed by atoms with Crippen LogP contribution < -0.4 is 0 Å². The highest BCUT2D eigenvalue weighted by molar-refractivity contribution is 9.10. The fourth-order valence-electron chi connectivity index (χ4n) is 1.27. The van der Waals surface area contributed by atoms with Gasteiger partial charge in [-0.05, 0) is 19.1 Å². The maximum atomic E-state index is 12.1. The SMILES string of the molecule is CC(Sc1nncs1)C(=O)c1ccc(Br)cc1.